The number of carbonyl (C=O) groups is 2. The third-order valence-corrected chi connectivity index (χ3v) is 4.67. The van der Waals surface area contributed by atoms with Gasteiger partial charge < -0.3 is 21.1 Å². The molecule has 0 spiro atoms. The van der Waals surface area contributed by atoms with Crippen LogP contribution < -0.4 is 21.1 Å². The molecular formula is C17H21F3N4O3S. The lowest BCUT2D eigenvalue weighted by Crippen LogP contribution is -2.44. The maximum absolute atomic E-state index is 12.3. The quantitative estimate of drug-likeness (QED) is 0.572. The Morgan fingerprint density at radius 3 is 2.68 bits per heavy atom. The first-order chi connectivity index (χ1) is 13.0. The van der Waals surface area contributed by atoms with Crippen LogP contribution >= 0.6 is 11.3 Å². The summed E-state index contributed by atoms with van der Waals surface area (Å²) in [6.07, 6.45) is -4.21. The first-order valence-corrected chi connectivity index (χ1v) is 9.36. The van der Waals surface area contributed by atoms with Crippen molar-refractivity contribution >= 4 is 38.5 Å². The van der Waals surface area contributed by atoms with Crippen LogP contribution in [0.3, 0.4) is 0 Å². The number of ether oxygens (including phenoxy) is 1. The Morgan fingerprint density at radius 1 is 1.32 bits per heavy atom. The van der Waals surface area contributed by atoms with Gasteiger partial charge in [-0.25, -0.2) is 4.98 Å². The van der Waals surface area contributed by atoms with Crippen LogP contribution in [0.2, 0.25) is 0 Å². The van der Waals surface area contributed by atoms with Gasteiger partial charge in [-0.1, -0.05) is 25.2 Å². The van der Waals surface area contributed by atoms with Crippen LogP contribution in [0.5, 0.6) is 5.75 Å². The number of nitrogens with one attached hydrogen (secondary N) is 2. The first-order valence-electron chi connectivity index (χ1n) is 8.54. The van der Waals surface area contributed by atoms with Gasteiger partial charge in [0.2, 0.25) is 11.8 Å². The lowest BCUT2D eigenvalue weighted by molar-refractivity contribution is -0.274. The van der Waals surface area contributed by atoms with Gasteiger partial charge in [-0.2, -0.15) is 0 Å². The predicted molar refractivity (Wildman–Crippen MR) is 100.0 cm³/mol. The highest BCUT2D eigenvalue weighted by Crippen LogP contribution is 2.31. The second-order valence-corrected chi connectivity index (χ2v) is 7.44. The molecule has 0 aliphatic heterocycles. The highest BCUT2D eigenvalue weighted by Gasteiger charge is 2.31. The molecule has 0 fully saturated rings. The van der Waals surface area contributed by atoms with Crippen molar-refractivity contribution in [3.63, 3.8) is 0 Å². The van der Waals surface area contributed by atoms with E-state index in [1.807, 2.05) is 13.8 Å². The van der Waals surface area contributed by atoms with Crippen LogP contribution in [0.4, 0.5) is 18.3 Å². The number of alkyl halides is 3. The number of nitrogens with two attached hydrogens (primary N) is 1. The normalized spacial score (nSPS) is 12.8. The van der Waals surface area contributed by atoms with Gasteiger partial charge in [0, 0.05) is 19.0 Å². The molecule has 0 saturated heterocycles. The summed E-state index contributed by atoms with van der Waals surface area (Å²) >= 11 is 1.04. The number of fused-ring (bicyclic) bond motifs is 1. The zero-order valence-corrected chi connectivity index (χ0v) is 16.1. The number of anilines is 1. The number of amides is 2. The average Bonchev–Trinajstić information content (AvgIpc) is 2.97. The van der Waals surface area contributed by atoms with Crippen molar-refractivity contribution in [2.75, 3.05) is 11.9 Å². The minimum Gasteiger partial charge on any atom is -0.406 e. The van der Waals surface area contributed by atoms with E-state index in [-0.39, 0.29) is 35.0 Å². The molecule has 28 heavy (non-hydrogen) atoms. The standard InChI is InChI=1S/C17H21F3N4O3S/c1-9(2)14(21)15(26)22-7-3-4-13(25)24-16-23-11-6-5-10(8-12(11)28-16)27-17(18,19)20/h5-6,8-9,14H,3-4,7,21H2,1-2H3,(H,22,26)(H,23,24,25). The minimum absolute atomic E-state index is 0.0179. The van der Waals surface area contributed by atoms with E-state index in [2.05, 4.69) is 20.4 Å². The highest BCUT2D eigenvalue weighted by molar-refractivity contribution is 7.22. The first kappa shape index (κ1) is 21.9. The van der Waals surface area contributed by atoms with Crippen LogP contribution in [-0.2, 0) is 9.59 Å². The molecule has 1 aromatic heterocycles. The molecule has 0 radical (unpaired) electrons. The fourth-order valence-corrected chi connectivity index (χ4v) is 3.13. The Balaban J connectivity index is 1.83. The number of rotatable bonds is 8. The van der Waals surface area contributed by atoms with Crippen molar-refractivity contribution in [1.82, 2.24) is 10.3 Å². The molecule has 0 bridgehead atoms. The molecule has 2 aromatic rings. The number of aromatic nitrogens is 1. The molecule has 1 unspecified atom stereocenters. The second-order valence-electron chi connectivity index (χ2n) is 6.41. The summed E-state index contributed by atoms with van der Waals surface area (Å²) in [5, 5.41) is 5.54. The molecule has 1 aromatic carbocycles. The highest BCUT2D eigenvalue weighted by atomic mass is 32.1. The zero-order chi connectivity index (χ0) is 20.9. The number of carbonyl (C=O) groups excluding carboxylic acids is 2. The topological polar surface area (TPSA) is 106 Å². The lowest BCUT2D eigenvalue weighted by atomic mass is 10.1. The Kier molecular flexibility index (Phi) is 7.19. The smallest absolute Gasteiger partial charge is 0.406 e. The van der Waals surface area contributed by atoms with Crippen molar-refractivity contribution in [3.05, 3.63) is 18.2 Å². The molecular weight excluding hydrogens is 397 g/mol. The number of halogens is 3. The third kappa shape index (κ3) is 6.64. The minimum atomic E-state index is -4.77. The van der Waals surface area contributed by atoms with Gasteiger partial charge in [0.25, 0.3) is 0 Å². The molecule has 0 aliphatic rings. The molecule has 1 heterocycles. The number of thiazole rings is 1. The largest absolute Gasteiger partial charge is 0.573 e. The summed E-state index contributed by atoms with van der Waals surface area (Å²) in [6, 6.07) is 3.16. The summed E-state index contributed by atoms with van der Waals surface area (Å²) in [7, 11) is 0. The van der Waals surface area contributed by atoms with Gasteiger partial charge in [0.05, 0.1) is 16.3 Å². The van der Waals surface area contributed by atoms with Gasteiger partial charge >= 0.3 is 6.36 Å². The SMILES string of the molecule is CC(C)C(N)C(=O)NCCCC(=O)Nc1nc2ccc(OC(F)(F)F)cc2s1. The summed E-state index contributed by atoms with van der Waals surface area (Å²) in [5.74, 6) is -0.909. The molecule has 0 saturated carbocycles. The number of hydrogen-bond acceptors (Lipinski definition) is 6. The van der Waals surface area contributed by atoms with Crippen molar-refractivity contribution in [2.24, 2.45) is 11.7 Å². The van der Waals surface area contributed by atoms with E-state index in [1.165, 1.54) is 12.1 Å². The summed E-state index contributed by atoms with van der Waals surface area (Å²) < 4.78 is 41.1. The van der Waals surface area contributed by atoms with E-state index in [0.29, 0.717) is 23.2 Å². The maximum Gasteiger partial charge on any atom is 0.573 e. The van der Waals surface area contributed by atoms with Gasteiger partial charge in [-0.05, 0) is 24.5 Å². The van der Waals surface area contributed by atoms with E-state index in [9.17, 15) is 22.8 Å². The third-order valence-electron chi connectivity index (χ3n) is 3.74. The summed E-state index contributed by atoms with van der Waals surface area (Å²) in [4.78, 5) is 27.8. The molecule has 4 N–H and O–H groups in total. The number of nitrogens with zero attached hydrogens (tertiary/aromatic N) is 1. The fraction of sp³-hybridized carbons (Fsp3) is 0.471. The van der Waals surface area contributed by atoms with Crippen molar-refractivity contribution in [3.8, 4) is 5.75 Å². The maximum atomic E-state index is 12.3. The Labute approximate surface area is 163 Å². The van der Waals surface area contributed by atoms with Crippen LogP contribution in [0.25, 0.3) is 10.2 Å². The zero-order valence-electron chi connectivity index (χ0n) is 15.3. The predicted octanol–water partition coefficient (Wildman–Crippen LogP) is 3.01. The second kappa shape index (κ2) is 9.20. The Morgan fingerprint density at radius 2 is 2.04 bits per heavy atom. The van der Waals surface area contributed by atoms with Gasteiger partial charge in [-0.15, -0.1) is 13.2 Å². The van der Waals surface area contributed by atoms with Gasteiger partial charge in [0.15, 0.2) is 5.13 Å². The molecule has 7 nitrogen and oxygen atoms in total. The molecule has 0 aliphatic carbocycles. The molecule has 1 atom stereocenters. The molecule has 2 rings (SSSR count). The molecule has 2 amide bonds. The van der Waals surface area contributed by atoms with E-state index in [1.54, 1.807) is 0 Å². The molecule has 154 valence electrons. The molecule has 11 heteroatoms. The van der Waals surface area contributed by atoms with Crippen LogP contribution in [0.15, 0.2) is 18.2 Å². The van der Waals surface area contributed by atoms with Crippen LogP contribution in [-0.4, -0.2) is 35.7 Å². The number of hydrogen-bond donors (Lipinski definition) is 3. The van der Waals surface area contributed by atoms with Crippen LogP contribution in [0, 0.1) is 5.92 Å². The van der Waals surface area contributed by atoms with Gasteiger partial charge in [-0.3, -0.25) is 9.59 Å². The Hall–Kier alpha value is -2.40. The van der Waals surface area contributed by atoms with Crippen molar-refractivity contribution in [2.45, 2.75) is 39.1 Å². The van der Waals surface area contributed by atoms with E-state index in [0.717, 1.165) is 17.4 Å². The van der Waals surface area contributed by atoms with E-state index < -0.39 is 12.4 Å². The monoisotopic (exact) mass is 418 g/mol. The van der Waals surface area contributed by atoms with E-state index >= 15 is 0 Å². The van der Waals surface area contributed by atoms with Gasteiger partial charge in [0.1, 0.15) is 5.75 Å². The summed E-state index contributed by atoms with van der Waals surface area (Å²) in [6.45, 7) is 3.99. The Bertz CT molecular complexity index is 839. The van der Waals surface area contributed by atoms with Crippen LogP contribution in [0.1, 0.15) is 26.7 Å². The average molecular weight is 418 g/mol. The lowest BCUT2D eigenvalue weighted by Gasteiger charge is -2.15. The van der Waals surface area contributed by atoms with E-state index in [4.69, 9.17) is 5.73 Å². The summed E-state index contributed by atoms with van der Waals surface area (Å²) in [5.41, 5.74) is 6.16. The van der Waals surface area contributed by atoms with Crippen molar-refractivity contribution in [1.29, 1.82) is 0 Å². The van der Waals surface area contributed by atoms with Crippen molar-refractivity contribution < 1.29 is 27.5 Å². The number of benzene rings is 1. The fourth-order valence-electron chi connectivity index (χ4n) is 2.22.